The molecule has 106 valence electrons. The van der Waals surface area contributed by atoms with E-state index in [0.29, 0.717) is 12.0 Å². The molecule has 3 heterocycles. The molecule has 1 aromatic rings. The van der Waals surface area contributed by atoms with Crippen molar-refractivity contribution in [1.82, 2.24) is 19.7 Å². The van der Waals surface area contributed by atoms with Gasteiger partial charge in [-0.3, -0.25) is 0 Å². The van der Waals surface area contributed by atoms with E-state index in [1.165, 1.54) is 6.42 Å². The second-order valence-electron chi connectivity index (χ2n) is 6.16. The van der Waals surface area contributed by atoms with Crippen LogP contribution in [0.2, 0.25) is 0 Å². The quantitative estimate of drug-likeness (QED) is 0.895. The fourth-order valence-electron chi connectivity index (χ4n) is 3.43. The Morgan fingerprint density at radius 1 is 1.21 bits per heavy atom. The van der Waals surface area contributed by atoms with Gasteiger partial charge in [-0.15, -0.1) is 10.2 Å². The zero-order valence-electron chi connectivity index (χ0n) is 11.9. The van der Waals surface area contributed by atoms with E-state index in [2.05, 4.69) is 33.5 Å². The first-order valence-corrected chi connectivity index (χ1v) is 7.48. The Morgan fingerprint density at radius 2 is 2.00 bits per heavy atom. The highest BCUT2D eigenvalue weighted by Crippen LogP contribution is 2.32. The number of aliphatic hydroxyl groups excluding tert-OH is 1. The molecule has 5 heteroatoms. The molecule has 5 nitrogen and oxygen atoms in total. The Morgan fingerprint density at radius 3 is 2.68 bits per heavy atom. The van der Waals surface area contributed by atoms with Crippen molar-refractivity contribution in [3.05, 3.63) is 11.6 Å². The first kappa shape index (κ1) is 13.1. The van der Waals surface area contributed by atoms with Gasteiger partial charge in [-0.1, -0.05) is 0 Å². The van der Waals surface area contributed by atoms with Crippen LogP contribution in [0.5, 0.6) is 0 Å². The highest BCUT2D eigenvalue weighted by molar-refractivity contribution is 5.10. The fourth-order valence-corrected chi connectivity index (χ4v) is 3.43. The minimum absolute atomic E-state index is 0.192. The van der Waals surface area contributed by atoms with E-state index in [1.54, 1.807) is 0 Å². The normalized spacial score (nSPS) is 28.0. The largest absolute Gasteiger partial charge is 0.396 e. The summed E-state index contributed by atoms with van der Waals surface area (Å²) in [6.07, 6.45) is 3.35. The van der Waals surface area contributed by atoms with Crippen LogP contribution in [0.1, 0.15) is 56.6 Å². The highest BCUT2D eigenvalue weighted by atomic mass is 16.3. The van der Waals surface area contributed by atoms with Crippen LogP contribution in [0.3, 0.4) is 0 Å². The molecule has 0 radical (unpaired) electrons. The van der Waals surface area contributed by atoms with Crippen molar-refractivity contribution in [2.45, 2.75) is 57.5 Å². The molecule has 0 bridgehead atoms. The van der Waals surface area contributed by atoms with Gasteiger partial charge in [-0.25, -0.2) is 0 Å². The third-order valence-corrected chi connectivity index (χ3v) is 4.64. The van der Waals surface area contributed by atoms with Gasteiger partial charge in [-0.05, 0) is 39.7 Å². The maximum absolute atomic E-state index is 9.44. The molecule has 1 saturated heterocycles. The van der Waals surface area contributed by atoms with Crippen molar-refractivity contribution in [3.8, 4) is 0 Å². The maximum Gasteiger partial charge on any atom is 0.138 e. The first-order valence-electron chi connectivity index (χ1n) is 7.48. The Balaban J connectivity index is 1.81. The number of nitrogens with zero attached hydrogens (tertiary/aromatic N) is 4. The average molecular weight is 264 g/mol. The van der Waals surface area contributed by atoms with Gasteiger partial charge < -0.3 is 14.6 Å². The summed E-state index contributed by atoms with van der Waals surface area (Å²) in [5.41, 5.74) is 0. The van der Waals surface area contributed by atoms with E-state index >= 15 is 0 Å². The fraction of sp³-hybridized carbons (Fsp3) is 0.857. The van der Waals surface area contributed by atoms with Gasteiger partial charge in [0.05, 0.1) is 6.61 Å². The Labute approximate surface area is 114 Å². The van der Waals surface area contributed by atoms with E-state index in [-0.39, 0.29) is 12.5 Å². The third-order valence-electron chi connectivity index (χ3n) is 4.64. The summed E-state index contributed by atoms with van der Waals surface area (Å²) in [6.45, 7) is 7.98. The van der Waals surface area contributed by atoms with Crippen molar-refractivity contribution in [2.24, 2.45) is 0 Å². The summed E-state index contributed by atoms with van der Waals surface area (Å²) < 4.78 is 2.28. The monoisotopic (exact) mass is 264 g/mol. The number of hydrogen-bond acceptors (Lipinski definition) is 4. The molecule has 2 aliphatic rings. The molecule has 2 aliphatic heterocycles. The molecule has 0 saturated carbocycles. The zero-order chi connectivity index (χ0) is 13.4. The molecule has 1 aromatic heterocycles. The van der Waals surface area contributed by atoms with Crippen LogP contribution in [0.25, 0.3) is 0 Å². The van der Waals surface area contributed by atoms with E-state index in [9.17, 15) is 5.11 Å². The van der Waals surface area contributed by atoms with E-state index in [4.69, 9.17) is 0 Å². The summed E-state index contributed by atoms with van der Waals surface area (Å²) in [6, 6.07) is 0.610. The summed E-state index contributed by atoms with van der Waals surface area (Å²) in [5.74, 6) is 2.86. The number of hydrogen-bond donors (Lipinski definition) is 1. The smallest absolute Gasteiger partial charge is 0.138 e. The van der Waals surface area contributed by atoms with Crippen molar-refractivity contribution < 1.29 is 5.11 Å². The topological polar surface area (TPSA) is 54.2 Å². The van der Waals surface area contributed by atoms with Crippen molar-refractivity contribution >= 4 is 0 Å². The second kappa shape index (κ2) is 5.21. The molecule has 2 unspecified atom stereocenters. The van der Waals surface area contributed by atoms with Crippen LogP contribution < -0.4 is 0 Å². The predicted octanol–water partition coefficient (Wildman–Crippen LogP) is 1.35. The van der Waals surface area contributed by atoms with E-state index in [0.717, 1.165) is 44.1 Å². The van der Waals surface area contributed by atoms with E-state index in [1.807, 2.05) is 0 Å². The Bertz CT molecular complexity index is 443. The van der Waals surface area contributed by atoms with Gasteiger partial charge in [0.25, 0.3) is 0 Å². The van der Waals surface area contributed by atoms with Crippen LogP contribution in [-0.4, -0.2) is 50.5 Å². The summed E-state index contributed by atoms with van der Waals surface area (Å²) in [5, 5.41) is 18.2. The summed E-state index contributed by atoms with van der Waals surface area (Å²) in [4.78, 5) is 2.51. The summed E-state index contributed by atoms with van der Waals surface area (Å²) in [7, 11) is 0. The van der Waals surface area contributed by atoms with Gasteiger partial charge in [0.2, 0.25) is 0 Å². The molecule has 3 rings (SSSR count). The lowest BCUT2D eigenvalue weighted by Gasteiger charge is -2.23. The maximum atomic E-state index is 9.44. The molecule has 0 aromatic carbocycles. The molecular formula is C14H24N4O. The van der Waals surface area contributed by atoms with Crippen LogP contribution in [0.4, 0.5) is 0 Å². The SMILES string of the molecule is CC(C)N1CCC(c2nnc3n2CCCC3CO)C1. The lowest BCUT2D eigenvalue weighted by molar-refractivity contribution is 0.236. The Hall–Kier alpha value is -0.940. The molecule has 0 aliphatic carbocycles. The second-order valence-corrected chi connectivity index (χ2v) is 6.16. The molecule has 2 atom stereocenters. The zero-order valence-corrected chi connectivity index (χ0v) is 11.9. The molecule has 0 amide bonds. The van der Waals surface area contributed by atoms with Crippen molar-refractivity contribution in [3.63, 3.8) is 0 Å². The summed E-state index contributed by atoms with van der Waals surface area (Å²) >= 11 is 0. The molecule has 1 N–H and O–H groups in total. The number of likely N-dealkylation sites (tertiary alicyclic amines) is 1. The Kier molecular flexibility index (Phi) is 3.58. The van der Waals surface area contributed by atoms with Gasteiger partial charge in [0.15, 0.2) is 0 Å². The van der Waals surface area contributed by atoms with Crippen LogP contribution in [0, 0.1) is 0 Å². The number of aliphatic hydroxyl groups is 1. The molecular weight excluding hydrogens is 240 g/mol. The van der Waals surface area contributed by atoms with Gasteiger partial charge in [0, 0.05) is 31.0 Å². The number of aromatic nitrogens is 3. The van der Waals surface area contributed by atoms with Gasteiger partial charge in [0.1, 0.15) is 11.6 Å². The minimum Gasteiger partial charge on any atom is -0.396 e. The number of rotatable bonds is 3. The first-order chi connectivity index (χ1) is 9.20. The van der Waals surface area contributed by atoms with Crippen LogP contribution in [0.15, 0.2) is 0 Å². The molecule has 19 heavy (non-hydrogen) atoms. The number of fused-ring (bicyclic) bond motifs is 1. The standard InChI is InChI=1S/C14H24N4O/c1-10(2)17-7-5-11(8-17)13-15-16-14-12(9-19)4-3-6-18(13)14/h10-12,19H,3-9H2,1-2H3. The molecule has 0 spiro atoms. The highest BCUT2D eigenvalue weighted by Gasteiger charge is 2.32. The minimum atomic E-state index is 0.192. The van der Waals surface area contributed by atoms with Crippen LogP contribution in [-0.2, 0) is 6.54 Å². The van der Waals surface area contributed by atoms with Crippen molar-refractivity contribution in [2.75, 3.05) is 19.7 Å². The third kappa shape index (κ3) is 2.30. The predicted molar refractivity (Wildman–Crippen MR) is 73.1 cm³/mol. The lowest BCUT2D eigenvalue weighted by atomic mass is 9.99. The van der Waals surface area contributed by atoms with Crippen LogP contribution >= 0.6 is 0 Å². The van der Waals surface area contributed by atoms with E-state index < -0.39 is 0 Å². The molecule has 1 fully saturated rings. The van der Waals surface area contributed by atoms with Gasteiger partial charge in [-0.2, -0.15) is 0 Å². The lowest BCUT2D eigenvalue weighted by Crippen LogP contribution is -2.28. The van der Waals surface area contributed by atoms with Gasteiger partial charge >= 0.3 is 0 Å². The average Bonchev–Trinajstić information content (AvgIpc) is 3.04. The van der Waals surface area contributed by atoms with Crippen molar-refractivity contribution in [1.29, 1.82) is 0 Å².